The fraction of sp³-hybridized carbons (Fsp3) is 0.350. The van der Waals surface area contributed by atoms with Crippen molar-refractivity contribution < 1.29 is 9.22 Å². The van der Waals surface area contributed by atoms with Crippen LogP contribution < -0.4 is 0 Å². The quantitative estimate of drug-likeness (QED) is 0.525. The third-order valence-electron chi connectivity index (χ3n) is 4.62. The Labute approximate surface area is 140 Å². The van der Waals surface area contributed by atoms with Crippen LogP contribution in [0.15, 0.2) is 60.7 Å². The molecule has 0 radical (unpaired) electrons. The van der Waals surface area contributed by atoms with E-state index in [0.29, 0.717) is 5.56 Å². The number of hydrogen-bond acceptors (Lipinski definition) is 2. The summed E-state index contributed by atoms with van der Waals surface area (Å²) >= 11 is 0. The van der Waals surface area contributed by atoms with Gasteiger partial charge in [0.2, 0.25) is 0 Å². The summed E-state index contributed by atoms with van der Waals surface area (Å²) in [6, 6.07) is 19.2. The molecule has 0 N–H and O–H groups in total. The summed E-state index contributed by atoms with van der Waals surface area (Å²) in [7, 11) is -2.07. The first kappa shape index (κ1) is 17.6. The Morgan fingerprint density at radius 3 is 1.87 bits per heavy atom. The first-order valence-corrected chi connectivity index (χ1v) is 11.0. The van der Waals surface area contributed by atoms with E-state index in [2.05, 4.69) is 33.9 Å². The predicted molar refractivity (Wildman–Crippen MR) is 98.2 cm³/mol. The number of Topliss-reactive ketones (excluding diaryl/α,β-unsaturated/α-hetero) is 1. The molecule has 0 aliphatic rings. The van der Waals surface area contributed by atoms with E-state index < -0.39 is 14.4 Å². The maximum absolute atomic E-state index is 13.0. The van der Waals surface area contributed by atoms with Crippen LogP contribution in [-0.4, -0.2) is 14.1 Å². The monoisotopic (exact) mass is 326 g/mol. The summed E-state index contributed by atoms with van der Waals surface area (Å²) in [5.74, 6) is 0.0293. The van der Waals surface area contributed by atoms with Crippen molar-refractivity contribution in [3.63, 3.8) is 0 Å². The molecule has 3 heteroatoms. The highest BCUT2D eigenvalue weighted by Gasteiger charge is 2.41. The summed E-state index contributed by atoms with van der Waals surface area (Å²) in [5.41, 5.74) is 1.62. The Morgan fingerprint density at radius 1 is 0.913 bits per heavy atom. The van der Waals surface area contributed by atoms with Crippen LogP contribution in [0, 0.1) is 0 Å². The van der Waals surface area contributed by atoms with Crippen LogP contribution in [0.25, 0.3) is 0 Å². The lowest BCUT2D eigenvalue weighted by Gasteiger charge is -2.39. The maximum atomic E-state index is 13.0. The average Bonchev–Trinajstić information content (AvgIpc) is 2.52. The Hall–Kier alpha value is -1.71. The molecule has 0 aromatic heterocycles. The van der Waals surface area contributed by atoms with E-state index >= 15 is 0 Å². The molecule has 0 fully saturated rings. The van der Waals surface area contributed by atoms with Gasteiger partial charge < -0.3 is 4.43 Å². The molecular formula is C20H26O2Si. The predicted octanol–water partition coefficient (Wildman–Crippen LogP) is 5.63. The minimum atomic E-state index is -2.07. The normalized spacial score (nSPS) is 13.6. The molecule has 0 aliphatic heterocycles. The second kappa shape index (κ2) is 6.81. The zero-order valence-electron chi connectivity index (χ0n) is 14.7. The summed E-state index contributed by atoms with van der Waals surface area (Å²) in [4.78, 5) is 13.0. The highest BCUT2D eigenvalue weighted by molar-refractivity contribution is 6.74. The number of benzene rings is 2. The number of carbonyl (C=O) groups is 1. The average molecular weight is 327 g/mol. The first-order chi connectivity index (χ1) is 10.7. The van der Waals surface area contributed by atoms with Crippen molar-refractivity contribution in [3.8, 4) is 0 Å². The Kier molecular flexibility index (Phi) is 5.22. The molecule has 2 nitrogen and oxygen atoms in total. The van der Waals surface area contributed by atoms with E-state index in [9.17, 15) is 4.79 Å². The van der Waals surface area contributed by atoms with Gasteiger partial charge in [-0.3, -0.25) is 4.79 Å². The zero-order valence-corrected chi connectivity index (χ0v) is 15.7. The molecular weight excluding hydrogens is 300 g/mol. The van der Waals surface area contributed by atoms with Gasteiger partial charge in [-0.2, -0.15) is 0 Å². The van der Waals surface area contributed by atoms with Crippen molar-refractivity contribution in [1.82, 2.24) is 0 Å². The van der Waals surface area contributed by atoms with Crippen LogP contribution in [0.2, 0.25) is 18.1 Å². The van der Waals surface area contributed by atoms with Crippen molar-refractivity contribution in [3.05, 3.63) is 71.8 Å². The summed E-state index contributed by atoms with van der Waals surface area (Å²) in [6.45, 7) is 10.9. The highest BCUT2D eigenvalue weighted by Crippen LogP contribution is 2.40. The third kappa shape index (κ3) is 4.18. The van der Waals surface area contributed by atoms with Crippen LogP contribution in [0.3, 0.4) is 0 Å². The van der Waals surface area contributed by atoms with Crippen LogP contribution in [0.5, 0.6) is 0 Å². The Morgan fingerprint density at radius 2 is 1.39 bits per heavy atom. The number of rotatable bonds is 5. The lowest BCUT2D eigenvalue weighted by Crippen LogP contribution is -2.43. The van der Waals surface area contributed by atoms with Gasteiger partial charge in [0, 0.05) is 5.56 Å². The summed E-state index contributed by atoms with van der Waals surface area (Å²) < 4.78 is 6.49. The van der Waals surface area contributed by atoms with Crippen LogP contribution in [0.4, 0.5) is 0 Å². The lowest BCUT2D eigenvalue weighted by atomic mass is 10.0. The van der Waals surface area contributed by atoms with E-state index in [-0.39, 0.29) is 10.8 Å². The number of carbonyl (C=O) groups excluding carboxylic acids is 1. The molecule has 0 unspecified atom stereocenters. The molecule has 0 spiro atoms. The maximum Gasteiger partial charge on any atom is 0.194 e. The first-order valence-electron chi connectivity index (χ1n) is 8.04. The number of hydrogen-bond donors (Lipinski definition) is 0. The molecule has 0 amide bonds. The molecule has 0 bridgehead atoms. The SMILES string of the molecule is CC(C)(C)[Si](C)(C)O[C@H](C(=O)c1ccccc1)c1ccccc1. The molecule has 122 valence electrons. The second-order valence-corrected chi connectivity index (χ2v) is 12.2. The number of ketones is 1. The second-order valence-electron chi connectivity index (χ2n) is 7.40. The van der Waals surface area contributed by atoms with Gasteiger partial charge in [0.25, 0.3) is 0 Å². The van der Waals surface area contributed by atoms with E-state index in [1.807, 2.05) is 60.7 Å². The molecule has 0 saturated heterocycles. The van der Waals surface area contributed by atoms with E-state index in [4.69, 9.17) is 4.43 Å². The summed E-state index contributed by atoms with van der Waals surface area (Å²) in [6.07, 6.45) is -0.542. The highest BCUT2D eigenvalue weighted by atomic mass is 28.4. The standard InChI is InChI=1S/C20H26O2Si/c1-20(2,3)23(4,5)22-19(17-14-10-7-11-15-17)18(21)16-12-8-6-9-13-16/h6-15,19H,1-5H3/t19-/m0/s1. The van der Waals surface area contributed by atoms with Crippen LogP contribution >= 0.6 is 0 Å². The van der Waals surface area contributed by atoms with Crippen molar-refractivity contribution >= 4 is 14.1 Å². The molecule has 2 rings (SSSR count). The molecule has 0 saturated carbocycles. The van der Waals surface area contributed by atoms with Gasteiger partial charge in [0.1, 0.15) is 6.10 Å². The van der Waals surface area contributed by atoms with Crippen molar-refractivity contribution in [2.75, 3.05) is 0 Å². The molecule has 2 aromatic carbocycles. The van der Waals surface area contributed by atoms with E-state index in [0.717, 1.165) is 5.56 Å². The zero-order chi connectivity index (χ0) is 17.1. The van der Waals surface area contributed by atoms with Gasteiger partial charge in [-0.1, -0.05) is 81.4 Å². The Balaban J connectivity index is 2.40. The molecule has 0 heterocycles. The van der Waals surface area contributed by atoms with Crippen LogP contribution in [-0.2, 0) is 4.43 Å². The third-order valence-corrected chi connectivity index (χ3v) is 9.05. The smallest absolute Gasteiger partial charge is 0.194 e. The molecule has 0 aliphatic carbocycles. The van der Waals surface area contributed by atoms with Gasteiger partial charge >= 0.3 is 0 Å². The van der Waals surface area contributed by atoms with Gasteiger partial charge in [-0.25, -0.2) is 0 Å². The Bertz CT molecular complexity index is 642. The fourth-order valence-electron chi connectivity index (χ4n) is 2.13. The van der Waals surface area contributed by atoms with Gasteiger partial charge in [-0.05, 0) is 23.7 Å². The fourth-order valence-corrected chi connectivity index (χ4v) is 3.31. The van der Waals surface area contributed by atoms with E-state index in [1.165, 1.54) is 0 Å². The van der Waals surface area contributed by atoms with Crippen molar-refractivity contribution in [2.24, 2.45) is 0 Å². The minimum Gasteiger partial charge on any atom is -0.403 e. The van der Waals surface area contributed by atoms with Gasteiger partial charge in [0.15, 0.2) is 14.1 Å². The topological polar surface area (TPSA) is 26.3 Å². The van der Waals surface area contributed by atoms with Gasteiger partial charge in [0.05, 0.1) is 0 Å². The van der Waals surface area contributed by atoms with Crippen molar-refractivity contribution in [2.45, 2.75) is 45.0 Å². The summed E-state index contributed by atoms with van der Waals surface area (Å²) in [5, 5.41) is 0.0526. The lowest BCUT2D eigenvalue weighted by molar-refractivity contribution is 0.0767. The van der Waals surface area contributed by atoms with Crippen molar-refractivity contribution in [1.29, 1.82) is 0 Å². The minimum absolute atomic E-state index is 0.0293. The van der Waals surface area contributed by atoms with Gasteiger partial charge in [-0.15, -0.1) is 0 Å². The van der Waals surface area contributed by atoms with E-state index in [1.54, 1.807) is 0 Å². The molecule has 1 atom stereocenters. The van der Waals surface area contributed by atoms with Crippen LogP contribution in [0.1, 0.15) is 42.8 Å². The largest absolute Gasteiger partial charge is 0.403 e. The molecule has 23 heavy (non-hydrogen) atoms. The molecule has 2 aromatic rings.